The molecule has 0 spiro atoms. The molecule has 1 aromatic carbocycles. The highest BCUT2D eigenvalue weighted by Gasteiger charge is 1.94. The number of benzene rings is 1. The van der Waals surface area contributed by atoms with Crippen molar-refractivity contribution in [2.24, 2.45) is 0 Å². The van der Waals surface area contributed by atoms with Gasteiger partial charge in [0.2, 0.25) is 0 Å². The number of hydrazine groups is 1. The molecule has 2 heteroatoms. The molecule has 0 aliphatic rings. The minimum absolute atomic E-state index is 1.18. The summed E-state index contributed by atoms with van der Waals surface area (Å²) in [6, 6.07) is 8.38. The first kappa shape index (κ1) is 8.08. The second-order valence-electron chi connectivity index (χ2n) is 2.62. The smallest absolute Gasteiger partial charge is 0.0516 e. The molecule has 60 valence electrons. The van der Waals surface area contributed by atoms with Crippen LogP contribution in [0.15, 0.2) is 24.3 Å². The van der Waals surface area contributed by atoms with Crippen molar-refractivity contribution in [3.05, 3.63) is 29.8 Å². The van der Waals surface area contributed by atoms with E-state index in [4.69, 9.17) is 0 Å². The summed E-state index contributed by atoms with van der Waals surface area (Å²) in [5.41, 5.74) is 5.50. The van der Waals surface area contributed by atoms with Crippen LogP contribution in [0, 0.1) is 6.92 Å². The quantitative estimate of drug-likeness (QED) is 0.644. The van der Waals surface area contributed by atoms with E-state index in [-0.39, 0.29) is 0 Å². The molecule has 0 fully saturated rings. The van der Waals surface area contributed by atoms with E-state index >= 15 is 0 Å². The standard InChI is InChI=1S/C9H14N2/c1-8-4-6-9(7-5-8)11(3)10-2/h4-7,10H,1-3H3. The Morgan fingerprint density at radius 2 is 1.73 bits per heavy atom. The lowest BCUT2D eigenvalue weighted by molar-refractivity contribution is 0.791. The van der Waals surface area contributed by atoms with Gasteiger partial charge in [-0.1, -0.05) is 17.7 Å². The van der Waals surface area contributed by atoms with E-state index in [1.165, 1.54) is 11.3 Å². The molecule has 1 N–H and O–H groups in total. The van der Waals surface area contributed by atoms with Gasteiger partial charge in [-0.2, -0.15) is 0 Å². The summed E-state index contributed by atoms with van der Waals surface area (Å²) in [4.78, 5) is 0. The highest BCUT2D eigenvalue weighted by Crippen LogP contribution is 2.10. The molecule has 1 aromatic rings. The number of nitrogens with zero attached hydrogens (tertiary/aromatic N) is 1. The van der Waals surface area contributed by atoms with E-state index in [1.807, 2.05) is 19.1 Å². The van der Waals surface area contributed by atoms with E-state index in [0.29, 0.717) is 0 Å². The summed E-state index contributed by atoms with van der Waals surface area (Å²) in [6.07, 6.45) is 0. The van der Waals surface area contributed by atoms with Crippen LogP contribution < -0.4 is 10.4 Å². The predicted molar refractivity (Wildman–Crippen MR) is 48.6 cm³/mol. The van der Waals surface area contributed by atoms with Crippen LogP contribution in [0.2, 0.25) is 0 Å². The van der Waals surface area contributed by atoms with E-state index in [1.54, 1.807) is 0 Å². The van der Waals surface area contributed by atoms with Crippen molar-refractivity contribution >= 4 is 5.69 Å². The first-order valence-electron chi connectivity index (χ1n) is 3.72. The van der Waals surface area contributed by atoms with Crippen LogP contribution in [-0.2, 0) is 0 Å². The Labute approximate surface area is 67.8 Å². The fraction of sp³-hybridized carbons (Fsp3) is 0.333. The second-order valence-corrected chi connectivity index (χ2v) is 2.62. The Kier molecular flexibility index (Phi) is 2.49. The molecule has 0 saturated carbocycles. The minimum Gasteiger partial charge on any atom is -0.312 e. The maximum Gasteiger partial charge on any atom is 0.0516 e. The third-order valence-corrected chi connectivity index (χ3v) is 1.76. The van der Waals surface area contributed by atoms with Gasteiger partial charge in [0.25, 0.3) is 0 Å². The minimum atomic E-state index is 1.18. The van der Waals surface area contributed by atoms with Gasteiger partial charge in [0.05, 0.1) is 5.69 Å². The molecule has 0 amide bonds. The van der Waals surface area contributed by atoms with Crippen molar-refractivity contribution in [2.75, 3.05) is 19.1 Å². The lowest BCUT2D eigenvalue weighted by atomic mass is 10.2. The zero-order chi connectivity index (χ0) is 8.27. The number of hydrogen-bond acceptors (Lipinski definition) is 2. The molecule has 0 unspecified atom stereocenters. The SMILES string of the molecule is CNN(C)c1ccc(C)cc1. The Bertz CT molecular complexity index is 216. The predicted octanol–water partition coefficient (Wildman–Crippen LogP) is 1.57. The van der Waals surface area contributed by atoms with Crippen molar-refractivity contribution in [1.29, 1.82) is 0 Å². The fourth-order valence-corrected chi connectivity index (χ4v) is 0.897. The normalized spacial score (nSPS) is 9.73. The Balaban J connectivity index is 2.81. The molecule has 0 radical (unpaired) electrons. The van der Waals surface area contributed by atoms with Crippen LogP contribution in [0.1, 0.15) is 5.56 Å². The molecule has 0 aliphatic carbocycles. The van der Waals surface area contributed by atoms with Gasteiger partial charge in [-0.25, -0.2) is 5.43 Å². The number of nitrogens with one attached hydrogen (secondary N) is 1. The molecule has 0 aliphatic heterocycles. The van der Waals surface area contributed by atoms with Crippen LogP contribution in [0.5, 0.6) is 0 Å². The molecule has 0 atom stereocenters. The summed E-state index contributed by atoms with van der Waals surface area (Å²) in [5, 5.41) is 1.97. The third-order valence-electron chi connectivity index (χ3n) is 1.76. The summed E-state index contributed by atoms with van der Waals surface area (Å²) in [5.74, 6) is 0. The van der Waals surface area contributed by atoms with Gasteiger partial charge in [0, 0.05) is 14.1 Å². The Morgan fingerprint density at radius 3 is 2.18 bits per heavy atom. The number of anilines is 1. The molecule has 11 heavy (non-hydrogen) atoms. The molecule has 2 nitrogen and oxygen atoms in total. The summed E-state index contributed by atoms with van der Waals surface area (Å²) < 4.78 is 0. The van der Waals surface area contributed by atoms with Crippen molar-refractivity contribution in [3.8, 4) is 0 Å². The topological polar surface area (TPSA) is 15.3 Å². The summed E-state index contributed by atoms with van der Waals surface area (Å²) in [7, 11) is 3.89. The molecular weight excluding hydrogens is 136 g/mol. The lowest BCUT2D eigenvalue weighted by Gasteiger charge is -2.17. The van der Waals surface area contributed by atoms with E-state index in [9.17, 15) is 0 Å². The van der Waals surface area contributed by atoms with Gasteiger partial charge in [0.15, 0.2) is 0 Å². The number of aryl methyl sites for hydroxylation is 1. The zero-order valence-corrected chi connectivity index (χ0v) is 7.26. The summed E-state index contributed by atoms with van der Waals surface area (Å²) >= 11 is 0. The maximum atomic E-state index is 3.03. The molecule has 0 saturated heterocycles. The van der Waals surface area contributed by atoms with Gasteiger partial charge in [-0.3, -0.25) is 0 Å². The van der Waals surface area contributed by atoms with Gasteiger partial charge < -0.3 is 5.01 Å². The Morgan fingerprint density at radius 1 is 1.18 bits per heavy atom. The largest absolute Gasteiger partial charge is 0.312 e. The van der Waals surface area contributed by atoms with Gasteiger partial charge in [-0.15, -0.1) is 0 Å². The van der Waals surface area contributed by atoms with Gasteiger partial charge >= 0.3 is 0 Å². The molecular formula is C9H14N2. The molecule has 1 rings (SSSR count). The first-order chi connectivity index (χ1) is 5.24. The summed E-state index contributed by atoms with van der Waals surface area (Å²) in [6.45, 7) is 2.09. The van der Waals surface area contributed by atoms with E-state index in [2.05, 4.69) is 36.6 Å². The lowest BCUT2D eigenvalue weighted by Crippen LogP contribution is -2.30. The van der Waals surface area contributed by atoms with Crippen LogP contribution >= 0.6 is 0 Å². The van der Waals surface area contributed by atoms with Crippen LogP contribution in [0.3, 0.4) is 0 Å². The van der Waals surface area contributed by atoms with E-state index < -0.39 is 0 Å². The van der Waals surface area contributed by atoms with Gasteiger partial charge in [0.1, 0.15) is 0 Å². The number of hydrogen-bond donors (Lipinski definition) is 1. The van der Waals surface area contributed by atoms with Crippen molar-refractivity contribution < 1.29 is 0 Å². The molecule has 0 bridgehead atoms. The van der Waals surface area contributed by atoms with Crippen LogP contribution in [0.25, 0.3) is 0 Å². The average Bonchev–Trinajstić information content (AvgIpc) is 2.05. The van der Waals surface area contributed by atoms with Crippen LogP contribution in [0.4, 0.5) is 5.69 Å². The van der Waals surface area contributed by atoms with Crippen molar-refractivity contribution in [1.82, 2.24) is 5.43 Å². The highest BCUT2D eigenvalue weighted by molar-refractivity contribution is 5.45. The van der Waals surface area contributed by atoms with Crippen LogP contribution in [-0.4, -0.2) is 14.1 Å². The first-order valence-corrected chi connectivity index (χ1v) is 3.72. The zero-order valence-electron chi connectivity index (χ0n) is 7.26. The fourth-order valence-electron chi connectivity index (χ4n) is 0.897. The Hall–Kier alpha value is -1.02. The third kappa shape index (κ3) is 1.95. The second kappa shape index (κ2) is 3.39. The monoisotopic (exact) mass is 150 g/mol. The average molecular weight is 150 g/mol. The maximum absolute atomic E-state index is 3.03. The molecule has 0 aromatic heterocycles. The van der Waals surface area contributed by atoms with Crippen molar-refractivity contribution in [3.63, 3.8) is 0 Å². The molecule has 0 heterocycles. The highest BCUT2D eigenvalue weighted by atomic mass is 15.5. The van der Waals surface area contributed by atoms with Crippen molar-refractivity contribution in [2.45, 2.75) is 6.92 Å². The number of rotatable bonds is 2. The van der Waals surface area contributed by atoms with Gasteiger partial charge in [-0.05, 0) is 19.1 Å². The van der Waals surface area contributed by atoms with E-state index in [0.717, 1.165) is 0 Å².